The molecule has 2 aliphatic rings. The third kappa shape index (κ3) is 2.10. The molecule has 1 N–H and O–H groups in total. The predicted octanol–water partition coefficient (Wildman–Crippen LogP) is 3.65. The number of hydrogen-bond donors (Lipinski definition) is 1. The standard InChI is InChI=1S/C15H25NO/c1-12(2)13-5-3-9-15(17,10-6-13)14(11-16)7-4-8-14/h12-13,17H,3-10H2,1-2H3. The van der Waals surface area contributed by atoms with Gasteiger partial charge in [0.2, 0.25) is 0 Å². The minimum atomic E-state index is -0.691. The van der Waals surface area contributed by atoms with E-state index in [1.807, 2.05) is 0 Å². The van der Waals surface area contributed by atoms with E-state index in [2.05, 4.69) is 19.9 Å². The molecule has 0 saturated heterocycles. The summed E-state index contributed by atoms with van der Waals surface area (Å²) in [7, 11) is 0. The summed E-state index contributed by atoms with van der Waals surface area (Å²) in [6.45, 7) is 4.55. The fraction of sp³-hybridized carbons (Fsp3) is 0.933. The number of hydrogen-bond acceptors (Lipinski definition) is 2. The highest BCUT2D eigenvalue weighted by Crippen LogP contribution is 2.54. The molecule has 0 aromatic rings. The van der Waals surface area contributed by atoms with E-state index < -0.39 is 11.0 Å². The lowest BCUT2D eigenvalue weighted by Crippen LogP contribution is -2.51. The van der Waals surface area contributed by atoms with Gasteiger partial charge in [0.15, 0.2) is 0 Å². The highest BCUT2D eigenvalue weighted by atomic mass is 16.3. The first-order valence-corrected chi connectivity index (χ1v) is 7.17. The van der Waals surface area contributed by atoms with Crippen LogP contribution in [0.3, 0.4) is 0 Å². The van der Waals surface area contributed by atoms with Gasteiger partial charge in [-0.25, -0.2) is 0 Å². The quantitative estimate of drug-likeness (QED) is 0.742. The second-order valence-electron chi connectivity index (χ2n) is 6.51. The van der Waals surface area contributed by atoms with E-state index in [-0.39, 0.29) is 0 Å². The van der Waals surface area contributed by atoms with Crippen LogP contribution >= 0.6 is 0 Å². The first-order chi connectivity index (χ1) is 8.03. The van der Waals surface area contributed by atoms with Crippen molar-refractivity contribution in [3.05, 3.63) is 0 Å². The molecule has 0 bridgehead atoms. The van der Waals surface area contributed by atoms with E-state index in [0.717, 1.165) is 50.9 Å². The molecule has 0 radical (unpaired) electrons. The van der Waals surface area contributed by atoms with Crippen LogP contribution in [-0.4, -0.2) is 10.7 Å². The van der Waals surface area contributed by atoms with E-state index in [9.17, 15) is 10.4 Å². The van der Waals surface area contributed by atoms with Crippen LogP contribution in [0.15, 0.2) is 0 Å². The summed E-state index contributed by atoms with van der Waals surface area (Å²) >= 11 is 0. The highest BCUT2D eigenvalue weighted by Gasteiger charge is 2.54. The average molecular weight is 235 g/mol. The Kier molecular flexibility index (Phi) is 3.50. The second kappa shape index (κ2) is 4.61. The minimum Gasteiger partial charge on any atom is -0.388 e. The SMILES string of the molecule is CC(C)C1CCCC(O)(C2(C#N)CCC2)CC1. The minimum absolute atomic E-state index is 0.404. The molecule has 2 heteroatoms. The van der Waals surface area contributed by atoms with Gasteiger partial charge < -0.3 is 5.11 Å². The Morgan fingerprint density at radius 1 is 1.12 bits per heavy atom. The zero-order chi connectivity index (χ0) is 12.5. The van der Waals surface area contributed by atoms with E-state index in [4.69, 9.17) is 0 Å². The Balaban J connectivity index is 2.09. The van der Waals surface area contributed by atoms with Crippen LogP contribution in [0.4, 0.5) is 0 Å². The topological polar surface area (TPSA) is 44.0 Å². The zero-order valence-corrected chi connectivity index (χ0v) is 11.2. The van der Waals surface area contributed by atoms with Gasteiger partial charge in [-0.2, -0.15) is 5.26 Å². The predicted molar refractivity (Wildman–Crippen MR) is 68.3 cm³/mol. The molecule has 17 heavy (non-hydrogen) atoms. The van der Waals surface area contributed by atoms with Gasteiger partial charge in [-0.3, -0.25) is 0 Å². The zero-order valence-electron chi connectivity index (χ0n) is 11.2. The van der Waals surface area contributed by atoms with Crippen molar-refractivity contribution in [1.82, 2.24) is 0 Å². The first kappa shape index (κ1) is 12.9. The van der Waals surface area contributed by atoms with Crippen LogP contribution < -0.4 is 0 Å². The summed E-state index contributed by atoms with van der Waals surface area (Å²) in [5.74, 6) is 1.44. The first-order valence-electron chi connectivity index (χ1n) is 7.17. The van der Waals surface area contributed by atoms with Crippen LogP contribution in [0, 0.1) is 28.6 Å². The molecule has 0 aromatic heterocycles. The van der Waals surface area contributed by atoms with Crippen LogP contribution in [0.5, 0.6) is 0 Å². The van der Waals surface area contributed by atoms with Crippen molar-refractivity contribution in [1.29, 1.82) is 5.26 Å². The van der Waals surface area contributed by atoms with Gasteiger partial charge in [0.25, 0.3) is 0 Å². The van der Waals surface area contributed by atoms with Gasteiger partial charge in [-0.05, 0) is 43.9 Å². The smallest absolute Gasteiger partial charge is 0.0860 e. The highest BCUT2D eigenvalue weighted by molar-refractivity contribution is 5.16. The van der Waals surface area contributed by atoms with Gasteiger partial charge in [-0.1, -0.05) is 33.1 Å². The van der Waals surface area contributed by atoms with Crippen molar-refractivity contribution in [3.63, 3.8) is 0 Å². The monoisotopic (exact) mass is 235 g/mol. The van der Waals surface area contributed by atoms with E-state index in [0.29, 0.717) is 5.92 Å². The molecule has 2 fully saturated rings. The Morgan fingerprint density at radius 3 is 2.29 bits per heavy atom. The molecule has 2 nitrogen and oxygen atoms in total. The van der Waals surface area contributed by atoms with Crippen LogP contribution in [0.1, 0.15) is 65.2 Å². The maximum atomic E-state index is 10.9. The fourth-order valence-electron chi connectivity index (χ4n) is 3.71. The second-order valence-corrected chi connectivity index (χ2v) is 6.51. The van der Waals surface area contributed by atoms with Crippen molar-refractivity contribution in [2.75, 3.05) is 0 Å². The van der Waals surface area contributed by atoms with Gasteiger partial charge in [0.05, 0.1) is 17.1 Å². The number of nitrogens with zero attached hydrogens (tertiary/aromatic N) is 1. The number of aliphatic hydroxyl groups is 1. The fourth-order valence-corrected chi connectivity index (χ4v) is 3.71. The molecule has 0 aromatic carbocycles. The molecule has 0 heterocycles. The molecule has 96 valence electrons. The largest absolute Gasteiger partial charge is 0.388 e. The van der Waals surface area contributed by atoms with Crippen molar-refractivity contribution < 1.29 is 5.11 Å². The molecule has 0 aliphatic heterocycles. The summed E-state index contributed by atoms with van der Waals surface area (Å²) in [5.41, 5.74) is -1.09. The lowest BCUT2D eigenvalue weighted by molar-refractivity contribution is -0.104. The summed E-state index contributed by atoms with van der Waals surface area (Å²) in [6.07, 6.45) is 8.01. The third-order valence-corrected chi connectivity index (χ3v) is 5.35. The molecule has 0 spiro atoms. The Labute approximate surface area is 105 Å². The number of nitriles is 1. The summed E-state index contributed by atoms with van der Waals surface area (Å²) < 4.78 is 0. The van der Waals surface area contributed by atoms with E-state index >= 15 is 0 Å². The van der Waals surface area contributed by atoms with Gasteiger partial charge in [0, 0.05) is 0 Å². The van der Waals surface area contributed by atoms with E-state index in [1.165, 1.54) is 6.42 Å². The molecule has 0 amide bonds. The van der Waals surface area contributed by atoms with Crippen LogP contribution in [-0.2, 0) is 0 Å². The third-order valence-electron chi connectivity index (χ3n) is 5.35. The molecule has 2 atom stereocenters. The molecule has 2 saturated carbocycles. The molecular formula is C15H25NO. The van der Waals surface area contributed by atoms with Crippen molar-refractivity contribution in [2.24, 2.45) is 17.3 Å². The lowest BCUT2D eigenvalue weighted by atomic mass is 9.57. The Bertz CT molecular complexity index is 313. The van der Waals surface area contributed by atoms with Crippen molar-refractivity contribution in [3.8, 4) is 6.07 Å². The Morgan fingerprint density at radius 2 is 1.82 bits per heavy atom. The van der Waals surface area contributed by atoms with Crippen molar-refractivity contribution in [2.45, 2.75) is 70.8 Å². The maximum Gasteiger partial charge on any atom is 0.0860 e. The maximum absolute atomic E-state index is 10.9. The molecule has 2 aliphatic carbocycles. The lowest BCUT2D eigenvalue weighted by Gasteiger charge is -2.48. The normalized spacial score (nSPS) is 37.0. The van der Waals surface area contributed by atoms with Crippen LogP contribution in [0.2, 0.25) is 0 Å². The van der Waals surface area contributed by atoms with E-state index in [1.54, 1.807) is 0 Å². The number of rotatable bonds is 2. The van der Waals surface area contributed by atoms with Gasteiger partial charge in [0.1, 0.15) is 0 Å². The summed E-state index contributed by atoms with van der Waals surface area (Å²) in [6, 6.07) is 2.45. The summed E-state index contributed by atoms with van der Waals surface area (Å²) in [4.78, 5) is 0. The van der Waals surface area contributed by atoms with Gasteiger partial charge >= 0.3 is 0 Å². The van der Waals surface area contributed by atoms with Crippen molar-refractivity contribution >= 4 is 0 Å². The summed E-state index contributed by atoms with van der Waals surface area (Å²) in [5, 5.41) is 20.3. The molecular weight excluding hydrogens is 210 g/mol. The van der Waals surface area contributed by atoms with Crippen LogP contribution in [0.25, 0.3) is 0 Å². The van der Waals surface area contributed by atoms with Gasteiger partial charge in [-0.15, -0.1) is 0 Å². The molecule has 2 rings (SSSR count). The Hall–Kier alpha value is -0.550. The molecule has 2 unspecified atom stereocenters. The average Bonchev–Trinajstić information content (AvgIpc) is 2.40.